The van der Waals surface area contributed by atoms with Gasteiger partial charge in [-0.05, 0) is 26.0 Å². The number of nitrogens with zero attached hydrogens (tertiary/aromatic N) is 5. The predicted octanol–water partition coefficient (Wildman–Crippen LogP) is 2.07. The lowest BCUT2D eigenvalue weighted by molar-refractivity contribution is 0.0737. The van der Waals surface area contributed by atoms with Crippen molar-refractivity contribution < 1.29 is 5.11 Å². The van der Waals surface area contributed by atoms with Crippen molar-refractivity contribution in [2.45, 2.75) is 26.0 Å². The molecule has 0 saturated heterocycles. The second-order valence-electron chi connectivity index (χ2n) is 5.22. The van der Waals surface area contributed by atoms with Gasteiger partial charge in [0.25, 0.3) is 0 Å². The van der Waals surface area contributed by atoms with Crippen LogP contribution in [0.2, 0.25) is 0 Å². The molecule has 0 atom stereocenters. The van der Waals surface area contributed by atoms with Crippen LogP contribution in [0.1, 0.15) is 25.2 Å². The van der Waals surface area contributed by atoms with Gasteiger partial charge in [0.2, 0.25) is 0 Å². The van der Waals surface area contributed by atoms with Gasteiger partial charge in [0.05, 0.1) is 24.1 Å². The molecule has 0 spiro atoms. The number of pyridine rings is 1. The van der Waals surface area contributed by atoms with Gasteiger partial charge in [0.15, 0.2) is 0 Å². The number of hydrogen-bond acceptors (Lipinski definition) is 6. The van der Waals surface area contributed by atoms with E-state index in [1.54, 1.807) is 42.3 Å². The van der Waals surface area contributed by atoms with Gasteiger partial charge in [-0.15, -0.1) is 16.4 Å². The smallest absolute Gasteiger partial charge is 0.142 e. The number of aromatic nitrogens is 5. The Morgan fingerprint density at radius 2 is 2.19 bits per heavy atom. The lowest BCUT2D eigenvalue weighted by atomic mass is 10.1. The summed E-state index contributed by atoms with van der Waals surface area (Å²) in [5, 5.41) is 20.7. The van der Waals surface area contributed by atoms with Gasteiger partial charge in [0, 0.05) is 11.6 Å². The molecular weight excluding hydrogens is 286 g/mol. The molecule has 3 aromatic rings. The fourth-order valence-corrected chi connectivity index (χ4v) is 2.59. The van der Waals surface area contributed by atoms with Crippen LogP contribution in [0.15, 0.2) is 36.0 Å². The standard InChI is InChI=1S/C14H15N5OS/c1-14(2,20)12-8-19(18-17-12)7-10-9-21-13(16-10)11-5-3-4-6-15-11/h3-6,8-9,20H,7H2,1-2H3. The molecule has 0 aromatic carbocycles. The highest BCUT2D eigenvalue weighted by atomic mass is 32.1. The first-order chi connectivity index (χ1) is 10.0. The zero-order valence-electron chi connectivity index (χ0n) is 11.8. The second kappa shape index (κ2) is 5.34. The van der Waals surface area contributed by atoms with E-state index in [0.29, 0.717) is 12.2 Å². The molecule has 0 saturated carbocycles. The highest BCUT2D eigenvalue weighted by molar-refractivity contribution is 7.13. The van der Waals surface area contributed by atoms with Crippen molar-refractivity contribution >= 4 is 11.3 Å². The Balaban J connectivity index is 1.77. The zero-order valence-corrected chi connectivity index (χ0v) is 12.6. The van der Waals surface area contributed by atoms with Gasteiger partial charge in [-0.2, -0.15) is 0 Å². The molecule has 0 unspecified atom stereocenters. The molecule has 108 valence electrons. The minimum atomic E-state index is -0.987. The van der Waals surface area contributed by atoms with Crippen molar-refractivity contribution in [3.63, 3.8) is 0 Å². The summed E-state index contributed by atoms with van der Waals surface area (Å²) in [5.41, 5.74) is 1.32. The number of hydrogen-bond donors (Lipinski definition) is 1. The van der Waals surface area contributed by atoms with E-state index in [2.05, 4.69) is 20.3 Å². The first kappa shape index (κ1) is 13.8. The molecule has 0 amide bonds. The first-order valence-corrected chi connectivity index (χ1v) is 7.39. The van der Waals surface area contributed by atoms with Crippen LogP contribution in [0.5, 0.6) is 0 Å². The maximum absolute atomic E-state index is 9.88. The summed E-state index contributed by atoms with van der Waals surface area (Å²) in [6.07, 6.45) is 3.49. The Morgan fingerprint density at radius 3 is 2.86 bits per heavy atom. The first-order valence-electron chi connectivity index (χ1n) is 6.51. The topological polar surface area (TPSA) is 76.7 Å². The van der Waals surface area contributed by atoms with Crippen LogP contribution in [-0.2, 0) is 12.1 Å². The largest absolute Gasteiger partial charge is 0.384 e. The molecule has 0 bridgehead atoms. The van der Waals surface area contributed by atoms with E-state index in [1.165, 1.54) is 0 Å². The van der Waals surface area contributed by atoms with Crippen molar-refractivity contribution in [3.8, 4) is 10.7 Å². The highest BCUT2D eigenvalue weighted by Gasteiger charge is 2.20. The third kappa shape index (κ3) is 3.14. The molecular formula is C14H15N5OS. The molecule has 0 radical (unpaired) electrons. The van der Waals surface area contributed by atoms with Crippen LogP contribution in [0.4, 0.5) is 0 Å². The Labute approximate surface area is 126 Å². The summed E-state index contributed by atoms with van der Waals surface area (Å²) in [7, 11) is 0. The Kier molecular flexibility index (Phi) is 3.52. The zero-order chi connectivity index (χ0) is 14.9. The quantitative estimate of drug-likeness (QED) is 0.798. The number of thiazole rings is 1. The maximum atomic E-state index is 9.88. The predicted molar refractivity (Wildman–Crippen MR) is 79.7 cm³/mol. The Hall–Kier alpha value is -2.12. The Bertz CT molecular complexity index is 729. The van der Waals surface area contributed by atoms with Crippen LogP contribution in [0, 0.1) is 0 Å². The van der Waals surface area contributed by atoms with Crippen LogP contribution >= 0.6 is 11.3 Å². The summed E-state index contributed by atoms with van der Waals surface area (Å²) in [6, 6.07) is 5.76. The minimum Gasteiger partial charge on any atom is -0.384 e. The Morgan fingerprint density at radius 1 is 1.33 bits per heavy atom. The second-order valence-corrected chi connectivity index (χ2v) is 6.08. The lowest BCUT2D eigenvalue weighted by Gasteiger charge is -2.11. The lowest BCUT2D eigenvalue weighted by Crippen LogP contribution is -2.15. The van der Waals surface area contributed by atoms with Crippen molar-refractivity contribution in [3.05, 3.63) is 47.4 Å². The van der Waals surface area contributed by atoms with E-state index in [9.17, 15) is 5.11 Å². The molecule has 6 nitrogen and oxygen atoms in total. The van der Waals surface area contributed by atoms with Crippen LogP contribution in [0.25, 0.3) is 10.7 Å². The third-order valence-corrected chi connectivity index (χ3v) is 3.84. The summed E-state index contributed by atoms with van der Waals surface area (Å²) < 4.78 is 1.67. The van der Waals surface area contributed by atoms with Gasteiger partial charge >= 0.3 is 0 Å². The monoisotopic (exact) mass is 301 g/mol. The fraction of sp³-hybridized carbons (Fsp3) is 0.286. The summed E-state index contributed by atoms with van der Waals surface area (Å²) in [4.78, 5) is 8.84. The van der Waals surface area contributed by atoms with Crippen LogP contribution < -0.4 is 0 Å². The van der Waals surface area contributed by atoms with Crippen molar-refractivity contribution in [2.24, 2.45) is 0 Å². The minimum absolute atomic E-state index is 0.520. The summed E-state index contributed by atoms with van der Waals surface area (Å²) in [6.45, 7) is 3.89. The van der Waals surface area contributed by atoms with Gasteiger partial charge in [-0.3, -0.25) is 4.98 Å². The molecule has 3 aromatic heterocycles. The molecule has 1 N–H and O–H groups in total. The molecule has 0 aliphatic rings. The third-order valence-electron chi connectivity index (χ3n) is 2.93. The van der Waals surface area contributed by atoms with E-state index in [4.69, 9.17) is 0 Å². The summed E-state index contributed by atoms with van der Waals surface area (Å²) in [5.74, 6) is 0. The van der Waals surface area contributed by atoms with Gasteiger partial charge < -0.3 is 5.11 Å². The normalized spacial score (nSPS) is 11.8. The molecule has 3 heterocycles. The molecule has 7 heteroatoms. The van der Waals surface area contributed by atoms with Gasteiger partial charge in [-0.1, -0.05) is 11.3 Å². The molecule has 0 fully saturated rings. The van der Waals surface area contributed by atoms with Gasteiger partial charge in [0.1, 0.15) is 16.3 Å². The fourth-order valence-electron chi connectivity index (χ4n) is 1.81. The highest BCUT2D eigenvalue weighted by Crippen LogP contribution is 2.22. The molecule has 0 aliphatic heterocycles. The average Bonchev–Trinajstić information content (AvgIpc) is 3.09. The van der Waals surface area contributed by atoms with Crippen molar-refractivity contribution in [1.82, 2.24) is 25.0 Å². The van der Waals surface area contributed by atoms with E-state index in [-0.39, 0.29) is 0 Å². The van der Waals surface area contributed by atoms with E-state index < -0.39 is 5.60 Å². The maximum Gasteiger partial charge on any atom is 0.142 e. The molecule has 3 rings (SSSR count). The SMILES string of the molecule is CC(C)(O)c1cn(Cc2csc(-c3ccccn3)n2)nn1. The number of rotatable bonds is 4. The van der Waals surface area contributed by atoms with E-state index in [0.717, 1.165) is 16.4 Å². The number of aliphatic hydroxyl groups is 1. The summed E-state index contributed by atoms with van der Waals surface area (Å²) >= 11 is 1.55. The van der Waals surface area contributed by atoms with Crippen molar-refractivity contribution in [1.29, 1.82) is 0 Å². The van der Waals surface area contributed by atoms with E-state index >= 15 is 0 Å². The van der Waals surface area contributed by atoms with Crippen LogP contribution in [0.3, 0.4) is 0 Å². The average molecular weight is 301 g/mol. The van der Waals surface area contributed by atoms with Crippen molar-refractivity contribution in [2.75, 3.05) is 0 Å². The van der Waals surface area contributed by atoms with Crippen LogP contribution in [-0.4, -0.2) is 30.1 Å². The molecule has 21 heavy (non-hydrogen) atoms. The molecule has 0 aliphatic carbocycles. The van der Waals surface area contributed by atoms with E-state index in [1.807, 2.05) is 23.6 Å². The van der Waals surface area contributed by atoms with Gasteiger partial charge in [-0.25, -0.2) is 9.67 Å².